The fraction of sp³-hybridized carbons (Fsp3) is 0.440. The lowest BCUT2D eigenvalue weighted by molar-refractivity contribution is -0.140. The Hall–Kier alpha value is -3.07. The highest BCUT2D eigenvalue weighted by Gasteiger charge is 2.32. The summed E-state index contributed by atoms with van der Waals surface area (Å²) in [6.07, 6.45) is 1.43. The summed E-state index contributed by atoms with van der Waals surface area (Å²) in [5.41, 5.74) is 2.18. The van der Waals surface area contributed by atoms with E-state index in [4.69, 9.17) is 4.74 Å². The molecule has 0 aliphatic carbocycles. The van der Waals surface area contributed by atoms with Gasteiger partial charge in [0.25, 0.3) is 0 Å². The summed E-state index contributed by atoms with van der Waals surface area (Å²) in [6, 6.07) is 13.3. The van der Waals surface area contributed by atoms with E-state index in [0.717, 1.165) is 21.7 Å². The number of hydrogen-bond donors (Lipinski definition) is 1. The SMILES string of the molecule is CCC(C(=O)NC(C)C)N(Cc1ccccc1C)C(=O)CN(c1cccc(OC)c1)S(C)(=O)=O. The zero-order valence-electron chi connectivity index (χ0n) is 20.7. The molecular formula is C25H35N3O5S. The zero-order valence-corrected chi connectivity index (χ0v) is 21.6. The van der Waals surface area contributed by atoms with Crippen molar-refractivity contribution in [2.45, 2.75) is 52.7 Å². The fourth-order valence-corrected chi connectivity index (χ4v) is 4.49. The van der Waals surface area contributed by atoms with Crippen LogP contribution in [0.2, 0.25) is 0 Å². The van der Waals surface area contributed by atoms with Crippen LogP contribution in [0.4, 0.5) is 5.69 Å². The number of benzene rings is 2. The average molecular weight is 490 g/mol. The second kappa shape index (κ2) is 11.9. The molecule has 0 aromatic heterocycles. The normalized spacial score (nSPS) is 12.2. The van der Waals surface area contributed by atoms with Gasteiger partial charge in [0.2, 0.25) is 21.8 Å². The topological polar surface area (TPSA) is 96.0 Å². The number of nitrogens with one attached hydrogen (secondary N) is 1. The van der Waals surface area contributed by atoms with Gasteiger partial charge in [0.1, 0.15) is 18.3 Å². The second-order valence-corrected chi connectivity index (χ2v) is 10.4. The number of carbonyl (C=O) groups is 2. The van der Waals surface area contributed by atoms with Crippen LogP contribution in [-0.2, 0) is 26.2 Å². The van der Waals surface area contributed by atoms with Crippen LogP contribution in [0.3, 0.4) is 0 Å². The first-order valence-electron chi connectivity index (χ1n) is 11.2. The average Bonchev–Trinajstić information content (AvgIpc) is 2.77. The molecule has 8 nitrogen and oxygen atoms in total. The molecule has 0 aliphatic rings. The van der Waals surface area contributed by atoms with Crippen molar-refractivity contribution in [3.63, 3.8) is 0 Å². The quantitative estimate of drug-likeness (QED) is 0.523. The summed E-state index contributed by atoms with van der Waals surface area (Å²) in [5, 5.41) is 2.88. The summed E-state index contributed by atoms with van der Waals surface area (Å²) in [4.78, 5) is 28.1. The van der Waals surface area contributed by atoms with E-state index >= 15 is 0 Å². The van der Waals surface area contributed by atoms with E-state index in [0.29, 0.717) is 17.9 Å². The number of aryl methyl sites for hydroxylation is 1. The lowest BCUT2D eigenvalue weighted by atomic mass is 10.1. The molecule has 0 fully saturated rings. The van der Waals surface area contributed by atoms with Crippen molar-refractivity contribution < 1.29 is 22.7 Å². The number of methoxy groups -OCH3 is 1. The largest absolute Gasteiger partial charge is 0.497 e. The Morgan fingerprint density at radius 1 is 1.09 bits per heavy atom. The number of sulfonamides is 1. The zero-order chi connectivity index (χ0) is 25.5. The molecule has 0 aliphatic heterocycles. The Labute approximate surface area is 202 Å². The van der Waals surface area contributed by atoms with Crippen molar-refractivity contribution >= 4 is 27.5 Å². The summed E-state index contributed by atoms with van der Waals surface area (Å²) >= 11 is 0. The predicted octanol–water partition coefficient (Wildman–Crippen LogP) is 3.10. The van der Waals surface area contributed by atoms with E-state index < -0.39 is 28.5 Å². The van der Waals surface area contributed by atoms with Gasteiger partial charge < -0.3 is 15.0 Å². The molecule has 34 heavy (non-hydrogen) atoms. The van der Waals surface area contributed by atoms with E-state index in [1.165, 1.54) is 12.0 Å². The van der Waals surface area contributed by atoms with Crippen LogP contribution in [0.25, 0.3) is 0 Å². The predicted molar refractivity (Wildman–Crippen MR) is 134 cm³/mol. The van der Waals surface area contributed by atoms with E-state index in [-0.39, 0.29) is 18.5 Å². The van der Waals surface area contributed by atoms with Crippen LogP contribution in [-0.4, -0.2) is 57.1 Å². The van der Waals surface area contributed by atoms with Crippen molar-refractivity contribution in [2.24, 2.45) is 0 Å². The van der Waals surface area contributed by atoms with Crippen LogP contribution >= 0.6 is 0 Å². The number of anilines is 1. The van der Waals surface area contributed by atoms with Crippen molar-refractivity contribution in [3.05, 3.63) is 59.7 Å². The van der Waals surface area contributed by atoms with Crippen LogP contribution in [0.1, 0.15) is 38.3 Å². The summed E-state index contributed by atoms with van der Waals surface area (Å²) in [7, 11) is -2.31. The molecule has 0 spiro atoms. The molecule has 1 atom stereocenters. The Bertz CT molecular complexity index is 1100. The summed E-state index contributed by atoms with van der Waals surface area (Å²) < 4.78 is 31.6. The minimum Gasteiger partial charge on any atom is -0.497 e. The molecule has 2 amide bonds. The standard InChI is InChI=1S/C25H35N3O5S/c1-7-23(25(30)26-18(2)3)27(16-20-12-9-8-11-19(20)4)24(29)17-28(34(6,31)32)21-13-10-14-22(15-21)33-5/h8-15,18,23H,7,16-17H2,1-6H3,(H,26,30). The molecule has 1 unspecified atom stereocenters. The van der Waals surface area contributed by atoms with Gasteiger partial charge in [-0.3, -0.25) is 13.9 Å². The lowest BCUT2D eigenvalue weighted by Gasteiger charge is -2.33. The number of carbonyl (C=O) groups excluding carboxylic acids is 2. The van der Waals surface area contributed by atoms with Crippen molar-refractivity contribution in [3.8, 4) is 5.75 Å². The van der Waals surface area contributed by atoms with Crippen molar-refractivity contribution in [2.75, 3.05) is 24.2 Å². The van der Waals surface area contributed by atoms with Gasteiger partial charge in [0.05, 0.1) is 19.1 Å². The Morgan fingerprint density at radius 3 is 2.32 bits per heavy atom. The third kappa shape index (κ3) is 7.21. The van der Waals surface area contributed by atoms with Gasteiger partial charge in [-0.15, -0.1) is 0 Å². The molecule has 9 heteroatoms. The maximum absolute atomic E-state index is 13.6. The maximum atomic E-state index is 13.6. The van der Waals surface area contributed by atoms with Crippen LogP contribution in [0, 0.1) is 6.92 Å². The molecule has 2 aromatic rings. The molecular weight excluding hydrogens is 454 g/mol. The molecule has 0 saturated heterocycles. The smallest absolute Gasteiger partial charge is 0.244 e. The number of amides is 2. The summed E-state index contributed by atoms with van der Waals surface area (Å²) in [6.45, 7) is 7.22. The van der Waals surface area contributed by atoms with Gasteiger partial charge in [-0.25, -0.2) is 8.42 Å². The third-order valence-electron chi connectivity index (χ3n) is 5.44. The van der Waals surface area contributed by atoms with E-state index in [9.17, 15) is 18.0 Å². The van der Waals surface area contributed by atoms with Crippen LogP contribution < -0.4 is 14.4 Å². The van der Waals surface area contributed by atoms with E-state index in [1.54, 1.807) is 24.3 Å². The Kier molecular flexibility index (Phi) is 9.49. The molecule has 0 radical (unpaired) electrons. The molecule has 1 N–H and O–H groups in total. The Balaban J connectivity index is 2.47. The minimum atomic E-state index is -3.79. The van der Waals surface area contributed by atoms with Gasteiger partial charge in [0.15, 0.2) is 0 Å². The van der Waals surface area contributed by atoms with Gasteiger partial charge in [0, 0.05) is 18.7 Å². The number of ether oxygens (including phenoxy) is 1. The van der Waals surface area contributed by atoms with Crippen molar-refractivity contribution in [1.29, 1.82) is 0 Å². The van der Waals surface area contributed by atoms with Gasteiger partial charge >= 0.3 is 0 Å². The van der Waals surface area contributed by atoms with E-state index in [1.807, 2.05) is 52.0 Å². The van der Waals surface area contributed by atoms with Crippen LogP contribution in [0.15, 0.2) is 48.5 Å². The lowest BCUT2D eigenvalue weighted by Crippen LogP contribution is -2.53. The highest BCUT2D eigenvalue weighted by molar-refractivity contribution is 7.92. The van der Waals surface area contributed by atoms with E-state index in [2.05, 4.69) is 5.32 Å². The first kappa shape index (κ1) is 27.2. The van der Waals surface area contributed by atoms with Gasteiger partial charge in [-0.05, 0) is 50.5 Å². The van der Waals surface area contributed by atoms with Gasteiger partial charge in [-0.1, -0.05) is 37.3 Å². The first-order chi connectivity index (χ1) is 16.0. The molecule has 0 heterocycles. The fourth-order valence-electron chi connectivity index (χ4n) is 3.65. The van der Waals surface area contributed by atoms with Gasteiger partial charge in [-0.2, -0.15) is 0 Å². The second-order valence-electron chi connectivity index (χ2n) is 8.51. The minimum absolute atomic E-state index is 0.0961. The number of rotatable bonds is 11. The first-order valence-corrected chi connectivity index (χ1v) is 13.1. The Morgan fingerprint density at radius 2 is 1.76 bits per heavy atom. The number of nitrogens with zero attached hydrogens (tertiary/aromatic N) is 2. The third-order valence-corrected chi connectivity index (χ3v) is 6.58. The highest BCUT2D eigenvalue weighted by Crippen LogP contribution is 2.24. The highest BCUT2D eigenvalue weighted by atomic mass is 32.2. The number of hydrogen-bond acceptors (Lipinski definition) is 5. The maximum Gasteiger partial charge on any atom is 0.244 e. The monoisotopic (exact) mass is 489 g/mol. The summed E-state index contributed by atoms with van der Waals surface area (Å²) in [5.74, 6) is -0.271. The molecule has 2 rings (SSSR count). The molecule has 186 valence electrons. The van der Waals surface area contributed by atoms with Crippen LogP contribution in [0.5, 0.6) is 5.75 Å². The molecule has 2 aromatic carbocycles. The molecule has 0 saturated carbocycles. The van der Waals surface area contributed by atoms with Crippen molar-refractivity contribution in [1.82, 2.24) is 10.2 Å². The molecule has 0 bridgehead atoms.